The van der Waals surface area contributed by atoms with Gasteiger partial charge in [0.1, 0.15) is 5.75 Å². The van der Waals surface area contributed by atoms with Gasteiger partial charge in [0.2, 0.25) is 0 Å². The van der Waals surface area contributed by atoms with Gasteiger partial charge in [0, 0.05) is 17.2 Å². The number of amides is 2. The molecule has 2 N–H and O–H groups in total. The molecule has 2 aromatic carbocycles. The predicted octanol–water partition coefficient (Wildman–Crippen LogP) is 5.34. The zero-order valence-electron chi connectivity index (χ0n) is 16.7. The number of ether oxygens (including phenoxy) is 1. The summed E-state index contributed by atoms with van der Waals surface area (Å²) in [5.74, 6) is 1.24. The van der Waals surface area contributed by atoms with Crippen molar-refractivity contribution in [3.8, 4) is 17.2 Å². The zero-order valence-corrected chi connectivity index (χ0v) is 16.7. The third-order valence-electron chi connectivity index (χ3n) is 4.28. The molecule has 3 rings (SSSR count). The molecule has 1 heterocycles. The van der Waals surface area contributed by atoms with Gasteiger partial charge in [-0.2, -0.15) is 13.8 Å². The van der Waals surface area contributed by atoms with Gasteiger partial charge in [-0.3, -0.25) is 0 Å². The van der Waals surface area contributed by atoms with Gasteiger partial charge in [0.15, 0.2) is 5.82 Å². The highest BCUT2D eigenvalue weighted by Gasteiger charge is 2.14. The fourth-order valence-corrected chi connectivity index (χ4v) is 2.69. The molecule has 0 aliphatic rings. The lowest BCUT2D eigenvalue weighted by Gasteiger charge is -2.16. The van der Waals surface area contributed by atoms with Crippen molar-refractivity contribution in [1.82, 2.24) is 15.5 Å². The summed E-state index contributed by atoms with van der Waals surface area (Å²) < 4.78 is 34.4. The van der Waals surface area contributed by atoms with E-state index in [-0.39, 0.29) is 11.7 Å². The standard InChI is InChI=1S/C21H22F2N4O3/c1-12(2)18-26-19(30-27-18)14-7-9-16(10-8-14)25-21(28)24-13(3)15-5-4-6-17(11-15)29-20(22)23/h4-13,20H,1-3H3,(H2,24,25,28). The van der Waals surface area contributed by atoms with E-state index in [9.17, 15) is 13.6 Å². The number of benzene rings is 2. The van der Waals surface area contributed by atoms with Gasteiger partial charge in [-0.15, -0.1) is 0 Å². The number of urea groups is 1. The molecular formula is C21H22F2N4O3. The minimum Gasteiger partial charge on any atom is -0.435 e. The van der Waals surface area contributed by atoms with Crippen LogP contribution in [0.15, 0.2) is 53.1 Å². The van der Waals surface area contributed by atoms with E-state index in [0.717, 1.165) is 5.56 Å². The molecule has 30 heavy (non-hydrogen) atoms. The molecule has 7 nitrogen and oxygen atoms in total. The Morgan fingerprint density at radius 2 is 1.83 bits per heavy atom. The number of carbonyl (C=O) groups is 1. The Balaban J connectivity index is 1.59. The average molecular weight is 416 g/mol. The monoisotopic (exact) mass is 416 g/mol. The number of halogens is 2. The maximum Gasteiger partial charge on any atom is 0.387 e. The van der Waals surface area contributed by atoms with E-state index in [1.54, 1.807) is 43.3 Å². The van der Waals surface area contributed by atoms with E-state index in [4.69, 9.17) is 4.52 Å². The molecule has 0 radical (unpaired) electrons. The van der Waals surface area contributed by atoms with Crippen LogP contribution < -0.4 is 15.4 Å². The van der Waals surface area contributed by atoms with Crippen LogP contribution in [0.25, 0.3) is 11.5 Å². The van der Waals surface area contributed by atoms with Gasteiger partial charge in [0.25, 0.3) is 5.89 Å². The molecule has 2 amide bonds. The van der Waals surface area contributed by atoms with Crippen LogP contribution in [0.3, 0.4) is 0 Å². The number of hydrogen-bond donors (Lipinski definition) is 2. The third-order valence-corrected chi connectivity index (χ3v) is 4.28. The second kappa shape index (κ2) is 9.34. The Bertz CT molecular complexity index is 990. The van der Waals surface area contributed by atoms with Crippen LogP contribution >= 0.6 is 0 Å². The molecule has 0 fully saturated rings. The second-order valence-electron chi connectivity index (χ2n) is 6.96. The first-order valence-electron chi connectivity index (χ1n) is 9.38. The highest BCUT2D eigenvalue weighted by Crippen LogP contribution is 2.23. The number of nitrogens with zero attached hydrogens (tertiary/aromatic N) is 2. The normalized spacial score (nSPS) is 12.1. The molecule has 0 bridgehead atoms. The van der Waals surface area contributed by atoms with Gasteiger partial charge in [-0.1, -0.05) is 31.1 Å². The number of nitrogens with one attached hydrogen (secondary N) is 2. The number of anilines is 1. The van der Waals surface area contributed by atoms with Crippen LogP contribution in [0.2, 0.25) is 0 Å². The summed E-state index contributed by atoms with van der Waals surface area (Å²) in [5, 5.41) is 9.41. The number of aromatic nitrogens is 2. The molecule has 0 saturated carbocycles. The van der Waals surface area contributed by atoms with Crippen molar-refractivity contribution in [2.75, 3.05) is 5.32 Å². The highest BCUT2D eigenvalue weighted by atomic mass is 19.3. The maximum atomic E-state index is 12.4. The van der Waals surface area contributed by atoms with Gasteiger partial charge in [-0.25, -0.2) is 4.79 Å². The summed E-state index contributed by atoms with van der Waals surface area (Å²) in [6.45, 7) is 2.79. The Morgan fingerprint density at radius 1 is 1.10 bits per heavy atom. The van der Waals surface area contributed by atoms with E-state index >= 15 is 0 Å². The van der Waals surface area contributed by atoms with E-state index in [0.29, 0.717) is 23.0 Å². The van der Waals surface area contributed by atoms with Crippen molar-refractivity contribution in [2.45, 2.75) is 39.3 Å². The summed E-state index contributed by atoms with van der Waals surface area (Å²) in [4.78, 5) is 16.6. The molecular weight excluding hydrogens is 394 g/mol. The molecule has 1 atom stereocenters. The van der Waals surface area contributed by atoms with Crippen molar-refractivity contribution in [1.29, 1.82) is 0 Å². The number of alkyl halides is 2. The minimum absolute atomic E-state index is 0.0359. The van der Waals surface area contributed by atoms with Crippen LogP contribution in [0.4, 0.5) is 19.3 Å². The maximum absolute atomic E-state index is 12.4. The lowest BCUT2D eigenvalue weighted by molar-refractivity contribution is -0.0499. The summed E-state index contributed by atoms with van der Waals surface area (Å²) in [5.41, 5.74) is 1.95. The Morgan fingerprint density at radius 3 is 2.47 bits per heavy atom. The first kappa shape index (κ1) is 21.2. The van der Waals surface area contributed by atoms with Crippen molar-refractivity contribution < 1.29 is 22.8 Å². The summed E-state index contributed by atoms with van der Waals surface area (Å²) in [7, 11) is 0. The lowest BCUT2D eigenvalue weighted by atomic mass is 10.1. The van der Waals surface area contributed by atoms with Crippen molar-refractivity contribution in [3.63, 3.8) is 0 Å². The van der Waals surface area contributed by atoms with Crippen LogP contribution in [0.5, 0.6) is 5.75 Å². The van der Waals surface area contributed by atoms with Gasteiger partial charge in [0.05, 0.1) is 6.04 Å². The van der Waals surface area contributed by atoms with Crippen LogP contribution in [-0.2, 0) is 0 Å². The van der Waals surface area contributed by atoms with E-state index in [1.807, 2.05) is 13.8 Å². The Labute approximate surface area is 172 Å². The lowest BCUT2D eigenvalue weighted by Crippen LogP contribution is -2.31. The van der Waals surface area contributed by atoms with Gasteiger partial charge in [-0.05, 0) is 48.9 Å². The fraction of sp³-hybridized carbons (Fsp3) is 0.286. The van der Waals surface area contributed by atoms with Crippen molar-refractivity contribution in [2.24, 2.45) is 0 Å². The molecule has 9 heteroatoms. The molecule has 0 aliphatic carbocycles. The molecule has 158 valence electrons. The van der Waals surface area contributed by atoms with Gasteiger partial charge >= 0.3 is 12.6 Å². The Kier molecular flexibility index (Phi) is 6.61. The van der Waals surface area contributed by atoms with Crippen LogP contribution in [0, 0.1) is 0 Å². The molecule has 0 saturated heterocycles. The largest absolute Gasteiger partial charge is 0.435 e. The van der Waals surface area contributed by atoms with Crippen LogP contribution in [-0.4, -0.2) is 22.8 Å². The first-order chi connectivity index (χ1) is 14.3. The van der Waals surface area contributed by atoms with Crippen molar-refractivity contribution >= 4 is 11.7 Å². The predicted molar refractivity (Wildman–Crippen MR) is 107 cm³/mol. The molecule has 0 aliphatic heterocycles. The van der Waals surface area contributed by atoms with E-state index in [1.165, 1.54) is 12.1 Å². The quantitative estimate of drug-likeness (QED) is 0.542. The highest BCUT2D eigenvalue weighted by molar-refractivity contribution is 5.89. The number of hydrogen-bond acceptors (Lipinski definition) is 5. The Hall–Kier alpha value is -3.49. The first-order valence-corrected chi connectivity index (χ1v) is 9.38. The van der Waals surface area contributed by atoms with Crippen LogP contribution in [0.1, 0.15) is 44.1 Å². The number of rotatable bonds is 7. The third kappa shape index (κ3) is 5.53. The zero-order chi connectivity index (χ0) is 21.7. The minimum atomic E-state index is -2.90. The number of carbonyl (C=O) groups excluding carboxylic acids is 1. The smallest absolute Gasteiger partial charge is 0.387 e. The molecule has 0 spiro atoms. The van der Waals surface area contributed by atoms with Gasteiger partial charge < -0.3 is 19.9 Å². The molecule has 1 aromatic heterocycles. The average Bonchev–Trinajstić information content (AvgIpc) is 3.19. The summed E-state index contributed by atoms with van der Waals surface area (Å²) >= 11 is 0. The molecule has 1 unspecified atom stereocenters. The SMILES string of the molecule is CC(C)c1noc(-c2ccc(NC(=O)NC(C)c3cccc(OC(F)F)c3)cc2)n1. The van der Waals surface area contributed by atoms with E-state index in [2.05, 4.69) is 25.5 Å². The topological polar surface area (TPSA) is 89.3 Å². The second-order valence-corrected chi connectivity index (χ2v) is 6.96. The van der Waals surface area contributed by atoms with E-state index < -0.39 is 18.7 Å². The molecule has 3 aromatic rings. The van der Waals surface area contributed by atoms with Crippen molar-refractivity contribution in [3.05, 3.63) is 59.9 Å². The summed E-state index contributed by atoms with van der Waals surface area (Å²) in [6, 6.07) is 12.3. The fourth-order valence-electron chi connectivity index (χ4n) is 2.69. The summed E-state index contributed by atoms with van der Waals surface area (Å²) in [6.07, 6.45) is 0.